The Morgan fingerprint density at radius 1 is 1.20 bits per heavy atom. The van der Waals surface area contributed by atoms with Gasteiger partial charge in [0, 0.05) is 13.1 Å². The van der Waals surface area contributed by atoms with Gasteiger partial charge in [-0.05, 0) is 18.7 Å². The van der Waals surface area contributed by atoms with Crippen LogP contribution in [0.5, 0.6) is 0 Å². The highest BCUT2D eigenvalue weighted by Crippen LogP contribution is 2.19. The molecule has 0 fully saturated rings. The fourth-order valence-corrected chi connectivity index (χ4v) is 2.22. The lowest BCUT2D eigenvalue weighted by Crippen LogP contribution is -2.42. The van der Waals surface area contributed by atoms with Gasteiger partial charge < -0.3 is 15.7 Å². The molecule has 0 heterocycles. The molecule has 0 saturated carbocycles. The predicted octanol–water partition coefficient (Wildman–Crippen LogP) is 1.36. The van der Waals surface area contributed by atoms with Crippen molar-refractivity contribution in [1.29, 1.82) is 0 Å². The topological polar surface area (TPSA) is 64.6 Å². The number of carbonyl (C=O) groups is 1. The standard InChI is InChI=1S/C15H25N3O2/c1-3-18(4-2)14(13-8-6-5-7-9-13)12-17-15(20)16-10-11-19/h5-9,14,19H,3-4,10-12H2,1-2H3,(H2,16,17,20). The van der Waals surface area contributed by atoms with Crippen LogP contribution in [0.15, 0.2) is 30.3 Å². The van der Waals surface area contributed by atoms with Crippen LogP contribution in [-0.2, 0) is 0 Å². The zero-order valence-electron chi connectivity index (χ0n) is 12.3. The van der Waals surface area contributed by atoms with Gasteiger partial charge in [-0.25, -0.2) is 4.79 Å². The molecule has 1 rings (SSSR count). The van der Waals surface area contributed by atoms with Gasteiger partial charge in [0.2, 0.25) is 0 Å². The van der Waals surface area contributed by atoms with Crippen molar-refractivity contribution in [3.05, 3.63) is 35.9 Å². The number of benzene rings is 1. The van der Waals surface area contributed by atoms with Gasteiger partial charge in [-0.2, -0.15) is 0 Å². The number of amides is 2. The van der Waals surface area contributed by atoms with E-state index in [9.17, 15) is 4.79 Å². The molecule has 0 aromatic heterocycles. The monoisotopic (exact) mass is 279 g/mol. The number of urea groups is 1. The van der Waals surface area contributed by atoms with Crippen LogP contribution in [0, 0.1) is 0 Å². The number of aliphatic hydroxyl groups is 1. The Morgan fingerprint density at radius 3 is 2.40 bits per heavy atom. The van der Waals surface area contributed by atoms with E-state index in [4.69, 9.17) is 5.11 Å². The molecule has 5 nitrogen and oxygen atoms in total. The smallest absolute Gasteiger partial charge is 0.314 e. The Balaban J connectivity index is 2.66. The molecule has 0 spiro atoms. The first kappa shape index (κ1) is 16.5. The van der Waals surface area contributed by atoms with E-state index in [0.29, 0.717) is 6.54 Å². The normalized spacial score (nSPS) is 12.2. The highest BCUT2D eigenvalue weighted by molar-refractivity contribution is 5.73. The van der Waals surface area contributed by atoms with Crippen molar-refractivity contribution in [2.24, 2.45) is 0 Å². The van der Waals surface area contributed by atoms with Gasteiger partial charge in [0.15, 0.2) is 0 Å². The van der Waals surface area contributed by atoms with E-state index in [2.05, 4.69) is 41.5 Å². The molecule has 5 heteroatoms. The summed E-state index contributed by atoms with van der Waals surface area (Å²) < 4.78 is 0. The lowest BCUT2D eigenvalue weighted by atomic mass is 10.1. The fourth-order valence-electron chi connectivity index (χ4n) is 2.22. The Morgan fingerprint density at radius 2 is 1.85 bits per heavy atom. The minimum absolute atomic E-state index is 0.0500. The average Bonchev–Trinajstić information content (AvgIpc) is 2.50. The summed E-state index contributed by atoms with van der Waals surface area (Å²) >= 11 is 0. The molecule has 0 radical (unpaired) electrons. The first-order chi connectivity index (χ1) is 9.72. The van der Waals surface area contributed by atoms with E-state index in [0.717, 1.165) is 13.1 Å². The number of hydrogen-bond acceptors (Lipinski definition) is 3. The first-order valence-corrected chi connectivity index (χ1v) is 7.14. The minimum Gasteiger partial charge on any atom is -0.395 e. The molecule has 0 aliphatic heterocycles. The second-order valence-electron chi connectivity index (χ2n) is 4.51. The number of aliphatic hydroxyl groups excluding tert-OH is 1. The minimum atomic E-state index is -0.243. The summed E-state index contributed by atoms with van der Waals surface area (Å²) in [7, 11) is 0. The predicted molar refractivity (Wildman–Crippen MR) is 80.6 cm³/mol. The summed E-state index contributed by atoms with van der Waals surface area (Å²) in [4.78, 5) is 13.9. The van der Waals surface area contributed by atoms with Crippen LogP contribution in [0.4, 0.5) is 4.79 Å². The van der Waals surface area contributed by atoms with Crippen LogP contribution in [-0.4, -0.2) is 48.8 Å². The van der Waals surface area contributed by atoms with E-state index < -0.39 is 0 Å². The van der Waals surface area contributed by atoms with Gasteiger partial charge in [0.1, 0.15) is 0 Å². The zero-order valence-corrected chi connectivity index (χ0v) is 12.3. The molecule has 1 atom stereocenters. The number of rotatable bonds is 8. The molecule has 0 aliphatic rings. The number of carbonyl (C=O) groups excluding carboxylic acids is 1. The largest absolute Gasteiger partial charge is 0.395 e. The van der Waals surface area contributed by atoms with Crippen molar-refractivity contribution in [3.8, 4) is 0 Å². The van der Waals surface area contributed by atoms with Crippen LogP contribution in [0.25, 0.3) is 0 Å². The number of nitrogens with one attached hydrogen (secondary N) is 2. The van der Waals surface area contributed by atoms with Crippen molar-refractivity contribution in [1.82, 2.24) is 15.5 Å². The van der Waals surface area contributed by atoms with Gasteiger partial charge in [-0.15, -0.1) is 0 Å². The van der Waals surface area contributed by atoms with Crippen molar-refractivity contribution in [3.63, 3.8) is 0 Å². The summed E-state index contributed by atoms with van der Waals surface area (Å²) in [5.41, 5.74) is 1.19. The van der Waals surface area contributed by atoms with Crippen molar-refractivity contribution in [2.45, 2.75) is 19.9 Å². The molecule has 0 saturated heterocycles. The number of hydrogen-bond donors (Lipinski definition) is 3. The highest BCUT2D eigenvalue weighted by Gasteiger charge is 2.18. The second-order valence-corrected chi connectivity index (χ2v) is 4.51. The van der Waals surface area contributed by atoms with E-state index >= 15 is 0 Å². The molecule has 1 unspecified atom stereocenters. The van der Waals surface area contributed by atoms with Crippen LogP contribution >= 0.6 is 0 Å². The van der Waals surface area contributed by atoms with Crippen LogP contribution in [0.2, 0.25) is 0 Å². The van der Waals surface area contributed by atoms with E-state index in [1.165, 1.54) is 5.56 Å². The highest BCUT2D eigenvalue weighted by atomic mass is 16.3. The quantitative estimate of drug-likeness (QED) is 0.673. The van der Waals surface area contributed by atoms with Gasteiger partial charge >= 0.3 is 6.03 Å². The third-order valence-electron chi connectivity index (χ3n) is 3.29. The third-order valence-corrected chi connectivity index (χ3v) is 3.29. The third kappa shape index (κ3) is 5.19. The van der Waals surface area contributed by atoms with E-state index in [1.54, 1.807) is 0 Å². The van der Waals surface area contributed by atoms with E-state index in [-0.39, 0.29) is 25.2 Å². The molecule has 0 bridgehead atoms. The zero-order chi connectivity index (χ0) is 14.8. The van der Waals surface area contributed by atoms with Crippen molar-refractivity contribution >= 4 is 6.03 Å². The van der Waals surface area contributed by atoms with Gasteiger partial charge in [-0.3, -0.25) is 4.90 Å². The molecule has 0 aliphatic carbocycles. The Labute approximate surface area is 121 Å². The van der Waals surface area contributed by atoms with Gasteiger partial charge in [-0.1, -0.05) is 44.2 Å². The van der Waals surface area contributed by atoms with Crippen molar-refractivity contribution in [2.75, 3.05) is 32.8 Å². The maximum absolute atomic E-state index is 11.6. The average molecular weight is 279 g/mol. The maximum Gasteiger partial charge on any atom is 0.314 e. The molecular weight excluding hydrogens is 254 g/mol. The summed E-state index contributed by atoms with van der Waals surface area (Å²) in [5.74, 6) is 0. The number of nitrogens with zero attached hydrogens (tertiary/aromatic N) is 1. The number of likely N-dealkylation sites (N-methyl/N-ethyl adjacent to an activating group) is 1. The Bertz CT molecular complexity index is 380. The lowest BCUT2D eigenvalue weighted by Gasteiger charge is -2.30. The molecule has 3 N–H and O–H groups in total. The molecule has 1 aromatic rings. The summed E-state index contributed by atoms with van der Waals surface area (Å²) in [6, 6.07) is 10.1. The Kier molecular flexibility index (Phi) is 7.69. The molecule has 20 heavy (non-hydrogen) atoms. The van der Waals surface area contributed by atoms with E-state index in [1.807, 2.05) is 18.2 Å². The second kappa shape index (κ2) is 9.34. The van der Waals surface area contributed by atoms with Crippen LogP contribution < -0.4 is 10.6 Å². The maximum atomic E-state index is 11.6. The molecule has 112 valence electrons. The molecule has 1 aromatic carbocycles. The SMILES string of the molecule is CCN(CC)C(CNC(=O)NCCO)c1ccccc1. The van der Waals surface area contributed by atoms with Gasteiger partial charge in [0.05, 0.1) is 12.6 Å². The Hall–Kier alpha value is -1.59. The summed E-state index contributed by atoms with van der Waals surface area (Å²) in [6.45, 7) is 6.85. The first-order valence-electron chi connectivity index (χ1n) is 7.14. The lowest BCUT2D eigenvalue weighted by molar-refractivity contribution is 0.204. The summed E-state index contributed by atoms with van der Waals surface area (Å²) in [6.07, 6.45) is 0. The fraction of sp³-hybridized carbons (Fsp3) is 0.533. The van der Waals surface area contributed by atoms with Crippen molar-refractivity contribution < 1.29 is 9.90 Å². The molecular formula is C15H25N3O2. The molecule has 2 amide bonds. The van der Waals surface area contributed by atoms with Gasteiger partial charge in [0.25, 0.3) is 0 Å². The summed E-state index contributed by atoms with van der Waals surface area (Å²) in [5, 5.41) is 14.1. The van der Waals surface area contributed by atoms with Crippen LogP contribution in [0.3, 0.4) is 0 Å². The van der Waals surface area contributed by atoms with Crippen LogP contribution in [0.1, 0.15) is 25.5 Å².